The summed E-state index contributed by atoms with van der Waals surface area (Å²) < 4.78 is 65.8. The summed E-state index contributed by atoms with van der Waals surface area (Å²) in [6.45, 7) is 2.05. The number of fused-ring (bicyclic) bond motifs is 2. The van der Waals surface area contributed by atoms with Gasteiger partial charge < -0.3 is 9.80 Å². The van der Waals surface area contributed by atoms with Gasteiger partial charge in [-0.25, -0.2) is 28.4 Å². The Morgan fingerprint density at radius 3 is 2.53 bits per heavy atom. The summed E-state index contributed by atoms with van der Waals surface area (Å²) in [5.41, 5.74) is -0.130. The first-order chi connectivity index (χ1) is 15.3. The normalized spacial score (nSPS) is 21.6. The van der Waals surface area contributed by atoms with Crippen molar-refractivity contribution in [1.29, 1.82) is 0 Å². The van der Waals surface area contributed by atoms with E-state index in [-0.39, 0.29) is 5.92 Å². The van der Waals surface area contributed by atoms with E-state index in [1.165, 1.54) is 12.3 Å². The molecule has 2 saturated heterocycles. The molecule has 0 aromatic carbocycles. The molecular formula is C20H20F5N7. The molecule has 5 heterocycles. The van der Waals surface area contributed by atoms with Gasteiger partial charge in [-0.15, -0.1) is 0 Å². The SMILES string of the molecule is FC(F)Cn1ncc2ncc(N3CC4CCN(c5cccc(C(F)(F)F)n5)CC4C3)nc21. The molecule has 0 aliphatic carbocycles. The lowest BCUT2D eigenvalue weighted by Gasteiger charge is -2.35. The average molecular weight is 453 g/mol. The highest BCUT2D eigenvalue weighted by molar-refractivity contribution is 5.71. The topological polar surface area (TPSA) is 63.0 Å². The summed E-state index contributed by atoms with van der Waals surface area (Å²) >= 11 is 0. The number of rotatable bonds is 4. The summed E-state index contributed by atoms with van der Waals surface area (Å²) in [4.78, 5) is 16.6. The lowest BCUT2D eigenvalue weighted by Crippen LogP contribution is -2.40. The molecule has 170 valence electrons. The van der Waals surface area contributed by atoms with E-state index in [1.54, 1.807) is 12.3 Å². The molecule has 2 aliphatic rings. The van der Waals surface area contributed by atoms with Crippen LogP contribution in [0.4, 0.5) is 33.6 Å². The molecule has 2 atom stereocenters. The molecule has 0 saturated carbocycles. The molecule has 0 spiro atoms. The number of aromatic nitrogens is 5. The van der Waals surface area contributed by atoms with Crippen LogP contribution >= 0.6 is 0 Å². The maximum Gasteiger partial charge on any atom is 0.433 e. The second-order valence-corrected chi connectivity index (χ2v) is 8.19. The van der Waals surface area contributed by atoms with Gasteiger partial charge in [0.05, 0.1) is 12.4 Å². The van der Waals surface area contributed by atoms with Gasteiger partial charge in [-0.05, 0) is 30.4 Å². The third-order valence-electron chi connectivity index (χ3n) is 6.12. The second-order valence-electron chi connectivity index (χ2n) is 8.19. The van der Waals surface area contributed by atoms with Crippen LogP contribution in [0.1, 0.15) is 12.1 Å². The maximum absolute atomic E-state index is 13.0. The summed E-state index contributed by atoms with van der Waals surface area (Å²) in [6, 6.07) is 3.96. The van der Waals surface area contributed by atoms with Gasteiger partial charge in [0, 0.05) is 26.2 Å². The van der Waals surface area contributed by atoms with E-state index in [1.807, 2.05) is 4.90 Å². The minimum atomic E-state index is -4.48. The first-order valence-corrected chi connectivity index (χ1v) is 10.3. The molecule has 2 fully saturated rings. The number of hydrogen-bond donors (Lipinski definition) is 0. The molecule has 2 unspecified atom stereocenters. The molecule has 0 bridgehead atoms. The van der Waals surface area contributed by atoms with Crippen molar-refractivity contribution in [3.63, 3.8) is 0 Å². The Labute approximate surface area is 179 Å². The van der Waals surface area contributed by atoms with Crippen molar-refractivity contribution in [2.75, 3.05) is 36.0 Å². The highest BCUT2D eigenvalue weighted by atomic mass is 19.4. The second kappa shape index (κ2) is 7.82. The summed E-state index contributed by atoms with van der Waals surface area (Å²) in [7, 11) is 0. The number of hydrogen-bond acceptors (Lipinski definition) is 6. The predicted molar refractivity (Wildman–Crippen MR) is 107 cm³/mol. The summed E-state index contributed by atoms with van der Waals surface area (Å²) in [6.07, 6.45) is -3.18. The van der Waals surface area contributed by atoms with Crippen LogP contribution in [-0.2, 0) is 12.7 Å². The molecule has 32 heavy (non-hydrogen) atoms. The zero-order valence-electron chi connectivity index (χ0n) is 16.9. The van der Waals surface area contributed by atoms with E-state index in [0.717, 1.165) is 23.7 Å². The fourth-order valence-corrected chi connectivity index (χ4v) is 4.58. The van der Waals surface area contributed by atoms with E-state index < -0.39 is 24.8 Å². The quantitative estimate of drug-likeness (QED) is 0.564. The van der Waals surface area contributed by atoms with Crippen molar-refractivity contribution in [2.24, 2.45) is 11.8 Å². The molecule has 3 aromatic rings. The van der Waals surface area contributed by atoms with Crippen molar-refractivity contribution in [2.45, 2.75) is 25.6 Å². The van der Waals surface area contributed by atoms with Crippen molar-refractivity contribution < 1.29 is 22.0 Å². The third-order valence-corrected chi connectivity index (χ3v) is 6.12. The van der Waals surface area contributed by atoms with Gasteiger partial charge in [0.1, 0.15) is 29.4 Å². The fourth-order valence-electron chi connectivity index (χ4n) is 4.58. The molecule has 7 nitrogen and oxygen atoms in total. The Balaban J connectivity index is 1.32. The average Bonchev–Trinajstić information content (AvgIpc) is 3.36. The minimum Gasteiger partial charge on any atom is -0.356 e. The first-order valence-electron chi connectivity index (χ1n) is 10.3. The minimum absolute atomic E-state index is 0.226. The Kier molecular flexibility index (Phi) is 5.09. The third kappa shape index (κ3) is 3.93. The van der Waals surface area contributed by atoms with Crippen molar-refractivity contribution in [3.05, 3.63) is 36.3 Å². The fraction of sp³-hybridized carbons (Fsp3) is 0.500. The van der Waals surface area contributed by atoms with E-state index in [2.05, 4.69) is 25.0 Å². The highest BCUT2D eigenvalue weighted by Gasteiger charge is 2.39. The van der Waals surface area contributed by atoms with Crippen LogP contribution in [0.15, 0.2) is 30.6 Å². The maximum atomic E-state index is 13.0. The number of pyridine rings is 1. The molecule has 0 N–H and O–H groups in total. The molecule has 3 aromatic heterocycles. The number of halogens is 5. The van der Waals surface area contributed by atoms with Crippen molar-refractivity contribution >= 4 is 22.8 Å². The van der Waals surface area contributed by atoms with E-state index in [0.29, 0.717) is 48.4 Å². The van der Waals surface area contributed by atoms with E-state index in [9.17, 15) is 22.0 Å². The van der Waals surface area contributed by atoms with Crippen LogP contribution in [0.5, 0.6) is 0 Å². The molecule has 0 amide bonds. The number of piperidine rings is 1. The molecule has 2 aliphatic heterocycles. The monoisotopic (exact) mass is 453 g/mol. The van der Waals surface area contributed by atoms with Crippen LogP contribution in [0, 0.1) is 11.8 Å². The smallest absolute Gasteiger partial charge is 0.356 e. The lowest BCUT2D eigenvalue weighted by atomic mass is 9.89. The standard InChI is InChI=1S/C20H20F5N7/c21-16(22)11-32-19-14(6-27-32)26-7-18(29-19)31-8-12-4-5-30(9-13(12)10-31)17-3-1-2-15(28-17)20(23,24)25/h1-3,6-7,12-13,16H,4-5,8-11H2. The van der Waals surface area contributed by atoms with Gasteiger partial charge in [-0.2, -0.15) is 18.3 Å². The van der Waals surface area contributed by atoms with Gasteiger partial charge in [0.25, 0.3) is 6.43 Å². The summed E-state index contributed by atoms with van der Waals surface area (Å²) in [5, 5.41) is 3.94. The molecule has 0 radical (unpaired) electrons. The zero-order valence-corrected chi connectivity index (χ0v) is 16.9. The van der Waals surface area contributed by atoms with Crippen LogP contribution in [0.3, 0.4) is 0 Å². The Morgan fingerprint density at radius 1 is 0.969 bits per heavy atom. The van der Waals surface area contributed by atoms with Gasteiger partial charge in [-0.3, -0.25) is 0 Å². The Morgan fingerprint density at radius 2 is 1.75 bits per heavy atom. The van der Waals surface area contributed by atoms with Gasteiger partial charge in [-0.1, -0.05) is 6.07 Å². The lowest BCUT2D eigenvalue weighted by molar-refractivity contribution is -0.141. The summed E-state index contributed by atoms with van der Waals surface area (Å²) in [5.74, 6) is 1.50. The van der Waals surface area contributed by atoms with Gasteiger partial charge in [0.15, 0.2) is 5.65 Å². The van der Waals surface area contributed by atoms with E-state index >= 15 is 0 Å². The van der Waals surface area contributed by atoms with Crippen molar-refractivity contribution in [3.8, 4) is 0 Å². The number of anilines is 2. The van der Waals surface area contributed by atoms with Crippen LogP contribution in [0.2, 0.25) is 0 Å². The first kappa shape index (κ1) is 20.8. The molecular weight excluding hydrogens is 433 g/mol. The Bertz CT molecular complexity index is 1120. The largest absolute Gasteiger partial charge is 0.433 e. The predicted octanol–water partition coefficient (Wildman–Crippen LogP) is 3.47. The van der Waals surface area contributed by atoms with Crippen LogP contribution < -0.4 is 9.80 Å². The zero-order chi connectivity index (χ0) is 22.5. The van der Waals surface area contributed by atoms with E-state index in [4.69, 9.17) is 0 Å². The van der Waals surface area contributed by atoms with Crippen molar-refractivity contribution in [1.82, 2.24) is 24.7 Å². The Hall–Kier alpha value is -3.05. The van der Waals surface area contributed by atoms with Crippen LogP contribution in [-0.4, -0.2) is 57.3 Å². The molecule has 12 heteroatoms. The van der Waals surface area contributed by atoms with Gasteiger partial charge >= 0.3 is 6.18 Å². The van der Waals surface area contributed by atoms with Gasteiger partial charge in [0.2, 0.25) is 0 Å². The highest BCUT2D eigenvalue weighted by Crippen LogP contribution is 2.36. The number of nitrogens with zero attached hydrogens (tertiary/aromatic N) is 7. The number of alkyl halides is 5. The molecule has 5 rings (SSSR count). The van der Waals surface area contributed by atoms with Crippen LogP contribution in [0.25, 0.3) is 11.2 Å².